The van der Waals surface area contributed by atoms with Crippen LogP contribution < -0.4 is 14.8 Å². The molecule has 1 aromatic carbocycles. The molecule has 1 aliphatic carbocycles. The Morgan fingerprint density at radius 1 is 1.00 bits per heavy atom. The van der Waals surface area contributed by atoms with E-state index in [2.05, 4.69) is 5.32 Å². The van der Waals surface area contributed by atoms with E-state index in [0.717, 1.165) is 25.7 Å². The molecule has 24 heavy (non-hydrogen) atoms. The number of nitrogens with one attached hydrogen (secondary N) is 1. The lowest BCUT2D eigenvalue weighted by atomic mass is 10.1. The highest BCUT2D eigenvalue weighted by Gasteiger charge is 2.17. The molecular formula is C18H25NO5. The van der Waals surface area contributed by atoms with Gasteiger partial charge in [0.05, 0.1) is 19.8 Å². The number of amides is 1. The van der Waals surface area contributed by atoms with E-state index in [0.29, 0.717) is 11.5 Å². The zero-order valence-electron chi connectivity index (χ0n) is 14.3. The highest BCUT2D eigenvalue weighted by molar-refractivity contribution is 5.92. The monoisotopic (exact) mass is 335 g/mol. The van der Waals surface area contributed by atoms with Gasteiger partial charge in [0.15, 0.2) is 6.61 Å². The summed E-state index contributed by atoms with van der Waals surface area (Å²) in [5.74, 6) is 0.141. The van der Waals surface area contributed by atoms with Crippen molar-refractivity contribution in [1.29, 1.82) is 0 Å². The van der Waals surface area contributed by atoms with E-state index < -0.39 is 5.97 Å². The third-order valence-corrected chi connectivity index (χ3v) is 4.14. The quantitative estimate of drug-likeness (QED) is 0.639. The largest absolute Gasteiger partial charge is 0.497 e. The standard InChI is InChI=1S/C18H25NO5/c1-22-15-9-13(10-16(11-15)23-2)18(21)24-12-17(20)19-14-7-5-3-4-6-8-14/h9-11,14H,3-8,12H2,1-2H3,(H,19,20). The molecule has 1 aliphatic rings. The van der Waals surface area contributed by atoms with Crippen LogP contribution >= 0.6 is 0 Å². The van der Waals surface area contributed by atoms with Crippen LogP contribution in [-0.4, -0.2) is 38.7 Å². The number of hydrogen-bond acceptors (Lipinski definition) is 5. The fraction of sp³-hybridized carbons (Fsp3) is 0.556. The predicted molar refractivity (Wildman–Crippen MR) is 89.5 cm³/mol. The molecule has 1 aromatic rings. The van der Waals surface area contributed by atoms with Crippen LogP contribution in [0, 0.1) is 0 Å². The number of ether oxygens (including phenoxy) is 3. The van der Waals surface area contributed by atoms with E-state index in [1.54, 1.807) is 18.2 Å². The van der Waals surface area contributed by atoms with Gasteiger partial charge in [0.25, 0.3) is 5.91 Å². The fourth-order valence-electron chi connectivity index (χ4n) is 2.83. The van der Waals surface area contributed by atoms with Crippen molar-refractivity contribution in [1.82, 2.24) is 5.32 Å². The van der Waals surface area contributed by atoms with E-state index in [1.807, 2.05) is 0 Å². The average Bonchev–Trinajstić information content (AvgIpc) is 2.87. The van der Waals surface area contributed by atoms with Crippen molar-refractivity contribution in [2.45, 2.75) is 44.6 Å². The molecule has 0 unspecified atom stereocenters. The van der Waals surface area contributed by atoms with Crippen LogP contribution in [0.3, 0.4) is 0 Å². The second-order valence-corrected chi connectivity index (χ2v) is 5.93. The molecule has 0 radical (unpaired) electrons. The van der Waals surface area contributed by atoms with Gasteiger partial charge in [0.1, 0.15) is 11.5 Å². The maximum atomic E-state index is 12.1. The van der Waals surface area contributed by atoms with Gasteiger partial charge in [0, 0.05) is 12.1 Å². The summed E-state index contributed by atoms with van der Waals surface area (Å²) in [4.78, 5) is 24.1. The minimum absolute atomic E-state index is 0.190. The van der Waals surface area contributed by atoms with Crippen LogP contribution in [0.1, 0.15) is 48.9 Å². The Balaban J connectivity index is 1.86. The Kier molecular flexibility index (Phi) is 6.90. The second-order valence-electron chi connectivity index (χ2n) is 5.93. The first kappa shape index (κ1) is 18.1. The molecule has 0 atom stereocenters. The van der Waals surface area contributed by atoms with E-state index in [-0.39, 0.29) is 24.1 Å². The number of rotatable bonds is 6. The van der Waals surface area contributed by atoms with E-state index in [9.17, 15) is 9.59 Å². The summed E-state index contributed by atoms with van der Waals surface area (Å²) >= 11 is 0. The summed E-state index contributed by atoms with van der Waals surface area (Å²) in [7, 11) is 3.01. The van der Waals surface area contributed by atoms with Crippen molar-refractivity contribution in [3.05, 3.63) is 23.8 Å². The molecule has 132 valence electrons. The summed E-state index contributed by atoms with van der Waals surface area (Å²) < 4.78 is 15.3. The van der Waals surface area contributed by atoms with Gasteiger partial charge in [-0.05, 0) is 25.0 Å². The lowest BCUT2D eigenvalue weighted by Gasteiger charge is -2.16. The Labute approximate surface area is 142 Å². The van der Waals surface area contributed by atoms with Crippen molar-refractivity contribution < 1.29 is 23.8 Å². The summed E-state index contributed by atoms with van der Waals surface area (Å²) in [6.07, 6.45) is 6.69. The van der Waals surface area contributed by atoms with Crippen LogP contribution in [0.25, 0.3) is 0 Å². The Morgan fingerprint density at radius 2 is 1.58 bits per heavy atom. The number of esters is 1. The second kappa shape index (κ2) is 9.15. The van der Waals surface area contributed by atoms with Crippen molar-refractivity contribution in [3.8, 4) is 11.5 Å². The Bertz CT molecular complexity index is 542. The van der Waals surface area contributed by atoms with Crippen molar-refractivity contribution in [2.75, 3.05) is 20.8 Å². The molecular weight excluding hydrogens is 310 g/mol. The average molecular weight is 335 g/mol. The summed E-state index contributed by atoms with van der Waals surface area (Å²) in [5.41, 5.74) is 0.286. The number of carbonyl (C=O) groups is 2. The summed E-state index contributed by atoms with van der Waals surface area (Å²) in [6.45, 7) is -0.283. The molecule has 1 amide bonds. The number of hydrogen-bond donors (Lipinski definition) is 1. The van der Waals surface area contributed by atoms with Crippen LogP contribution in [0.15, 0.2) is 18.2 Å². The third kappa shape index (κ3) is 5.44. The number of methoxy groups -OCH3 is 2. The molecule has 2 rings (SSSR count). The molecule has 1 N–H and O–H groups in total. The maximum absolute atomic E-state index is 12.1. The zero-order chi connectivity index (χ0) is 17.4. The lowest BCUT2D eigenvalue weighted by molar-refractivity contribution is -0.125. The van der Waals surface area contributed by atoms with Gasteiger partial charge in [-0.15, -0.1) is 0 Å². The molecule has 0 aromatic heterocycles. The molecule has 0 saturated heterocycles. The molecule has 6 nitrogen and oxygen atoms in total. The van der Waals surface area contributed by atoms with Crippen LogP contribution in [0.5, 0.6) is 11.5 Å². The predicted octanol–water partition coefficient (Wildman–Crippen LogP) is 2.70. The van der Waals surface area contributed by atoms with Gasteiger partial charge in [-0.25, -0.2) is 4.79 Å². The van der Waals surface area contributed by atoms with Crippen molar-refractivity contribution in [3.63, 3.8) is 0 Å². The van der Waals surface area contributed by atoms with Gasteiger partial charge in [0.2, 0.25) is 0 Å². The first-order valence-corrected chi connectivity index (χ1v) is 8.32. The molecule has 0 bridgehead atoms. The first-order chi connectivity index (χ1) is 11.6. The van der Waals surface area contributed by atoms with Crippen molar-refractivity contribution in [2.24, 2.45) is 0 Å². The molecule has 1 saturated carbocycles. The number of benzene rings is 1. The summed E-state index contributed by atoms with van der Waals surface area (Å²) in [6, 6.07) is 4.95. The van der Waals surface area contributed by atoms with Crippen LogP contribution in [-0.2, 0) is 9.53 Å². The highest BCUT2D eigenvalue weighted by atomic mass is 16.5. The summed E-state index contributed by atoms with van der Waals surface area (Å²) in [5, 5.41) is 2.95. The normalized spacial score (nSPS) is 15.2. The minimum Gasteiger partial charge on any atom is -0.497 e. The smallest absolute Gasteiger partial charge is 0.338 e. The third-order valence-electron chi connectivity index (χ3n) is 4.14. The van der Waals surface area contributed by atoms with E-state index in [1.165, 1.54) is 27.1 Å². The zero-order valence-corrected chi connectivity index (χ0v) is 14.3. The SMILES string of the molecule is COc1cc(OC)cc(C(=O)OCC(=O)NC2CCCCCC2)c1. The van der Waals surface area contributed by atoms with Crippen LogP contribution in [0.4, 0.5) is 0 Å². The maximum Gasteiger partial charge on any atom is 0.338 e. The van der Waals surface area contributed by atoms with E-state index in [4.69, 9.17) is 14.2 Å². The van der Waals surface area contributed by atoms with Crippen LogP contribution in [0.2, 0.25) is 0 Å². The molecule has 6 heteroatoms. The minimum atomic E-state index is -0.580. The topological polar surface area (TPSA) is 73.9 Å². The Hall–Kier alpha value is -2.24. The first-order valence-electron chi connectivity index (χ1n) is 8.32. The molecule has 0 heterocycles. The van der Waals surface area contributed by atoms with Gasteiger partial charge < -0.3 is 19.5 Å². The van der Waals surface area contributed by atoms with Crippen molar-refractivity contribution >= 4 is 11.9 Å². The highest BCUT2D eigenvalue weighted by Crippen LogP contribution is 2.23. The fourth-order valence-corrected chi connectivity index (χ4v) is 2.83. The molecule has 0 aliphatic heterocycles. The van der Waals surface area contributed by atoms with Gasteiger partial charge in [-0.3, -0.25) is 4.79 Å². The van der Waals surface area contributed by atoms with Gasteiger partial charge in [-0.2, -0.15) is 0 Å². The number of carbonyl (C=O) groups excluding carboxylic acids is 2. The molecule has 1 fully saturated rings. The molecule has 0 spiro atoms. The lowest BCUT2D eigenvalue weighted by Crippen LogP contribution is -2.37. The van der Waals surface area contributed by atoms with Gasteiger partial charge >= 0.3 is 5.97 Å². The Morgan fingerprint density at radius 3 is 2.12 bits per heavy atom. The van der Waals surface area contributed by atoms with E-state index >= 15 is 0 Å². The van der Waals surface area contributed by atoms with Gasteiger partial charge in [-0.1, -0.05) is 25.7 Å².